The Morgan fingerprint density at radius 1 is 1.00 bits per heavy atom. The van der Waals surface area contributed by atoms with Crippen molar-refractivity contribution in [3.05, 3.63) is 83.9 Å². The largest absolute Gasteiger partial charge is 0.465 e. The van der Waals surface area contributed by atoms with E-state index >= 15 is 0 Å². The zero-order valence-electron chi connectivity index (χ0n) is 19.5. The first kappa shape index (κ1) is 24.6. The van der Waals surface area contributed by atoms with Gasteiger partial charge in [-0.2, -0.15) is 4.31 Å². The number of hydrogen-bond acceptors (Lipinski definition) is 8. The van der Waals surface area contributed by atoms with E-state index < -0.39 is 21.9 Å². The molecule has 2 aromatic carbocycles. The van der Waals surface area contributed by atoms with Gasteiger partial charge in [-0.15, -0.1) is 0 Å². The highest BCUT2D eigenvalue weighted by molar-refractivity contribution is 7.93. The molecular weight excluding hydrogens is 486 g/mol. The van der Waals surface area contributed by atoms with Gasteiger partial charge in [-0.05, 0) is 61.5 Å². The Kier molecular flexibility index (Phi) is 6.58. The molecular formula is C25H21N3O7S. The molecule has 0 atom stereocenters. The van der Waals surface area contributed by atoms with Crippen molar-refractivity contribution in [1.82, 2.24) is 4.98 Å². The molecule has 0 bridgehead atoms. The SMILES string of the molecule is COC(=O)c1c(C)oc2ccc(N(C(=O)c3ccncc3)S(=O)(=O)c3ccc(NC(C)=O)cc3)cc12. The normalized spacial score (nSPS) is 11.2. The smallest absolute Gasteiger partial charge is 0.342 e. The van der Waals surface area contributed by atoms with Gasteiger partial charge in [-0.1, -0.05) is 0 Å². The molecule has 10 nitrogen and oxygen atoms in total. The van der Waals surface area contributed by atoms with Gasteiger partial charge >= 0.3 is 5.97 Å². The van der Waals surface area contributed by atoms with Crippen molar-refractivity contribution in [3.63, 3.8) is 0 Å². The monoisotopic (exact) mass is 507 g/mol. The molecule has 2 amide bonds. The third-order valence-corrected chi connectivity index (χ3v) is 7.02. The van der Waals surface area contributed by atoms with Crippen LogP contribution in [0.4, 0.5) is 11.4 Å². The van der Waals surface area contributed by atoms with E-state index in [1.54, 1.807) is 6.92 Å². The molecule has 0 fully saturated rings. The van der Waals surface area contributed by atoms with Crippen LogP contribution in [-0.4, -0.2) is 38.3 Å². The average molecular weight is 508 g/mol. The first-order valence-corrected chi connectivity index (χ1v) is 12.1. The molecule has 11 heteroatoms. The summed E-state index contributed by atoms with van der Waals surface area (Å²) >= 11 is 0. The summed E-state index contributed by atoms with van der Waals surface area (Å²) in [5.41, 5.74) is 0.917. The summed E-state index contributed by atoms with van der Waals surface area (Å²) in [6, 6.07) is 12.5. The lowest BCUT2D eigenvalue weighted by atomic mass is 10.1. The third-order valence-electron chi connectivity index (χ3n) is 5.30. The molecule has 0 aliphatic rings. The van der Waals surface area contributed by atoms with Crippen molar-refractivity contribution in [3.8, 4) is 0 Å². The van der Waals surface area contributed by atoms with Gasteiger partial charge in [0.05, 0.1) is 17.7 Å². The predicted molar refractivity (Wildman–Crippen MR) is 131 cm³/mol. The number of rotatable bonds is 6. The van der Waals surface area contributed by atoms with E-state index in [-0.39, 0.29) is 33.4 Å². The second-order valence-corrected chi connectivity index (χ2v) is 9.51. The molecule has 2 aromatic heterocycles. The number of aryl methyl sites for hydroxylation is 1. The van der Waals surface area contributed by atoms with Crippen LogP contribution in [0.25, 0.3) is 11.0 Å². The highest BCUT2D eigenvalue weighted by Gasteiger charge is 2.33. The number of hydrogen-bond donors (Lipinski definition) is 1. The number of nitrogens with one attached hydrogen (secondary N) is 1. The number of esters is 1. The molecule has 0 aliphatic carbocycles. The molecule has 0 radical (unpaired) electrons. The number of ether oxygens (including phenoxy) is 1. The minimum Gasteiger partial charge on any atom is -0.465 e. The van der Waals surface area contributed by atoms with Crippen LogP contribution in [0.3, 0.4) is 0 Å². The summed E-state index contributed by atoms with van der Waals surface area (Å²) in [6.45, 7) is 2.91. The molecule has 0 saturated carbocycles. The highest BCUT2D eigenvalue weighted by atomic mass is 32.2. The lowest BCUT2D eigenvalue weighted by Gasteiger charge is -2.23. The summed E-state index contributed by atoms with van der Waals surface area (Å²) < 4.78 is 38.7. The molecule has 4 aromatic rings. The number of aromatic nitrogens is 1. The minimum atomic E-state index is -4.44. The van der Waals surface area contributed by atoms with Crippen LogP contribution in [0.15, 0.2) is 76.3 Å². The van der Waals surface area contributed by atoms with Crippen LogP contribution in [0.1, 0.15) is 33.4 Å². The van der Waals surface area contributed by atoms with Gasteiger partial charge in [0.25, 0.3) is 15.9 Å². The Labute approximate surface area is 206 Å². The van der Waals surface area contributed by atoms with E-state index in [0.29, 0.717) is 21.0 Å². The fourth-order valence-corrected chi connectivity index (χ4v) is 5.09. The lowest BCUT2D eigenvalue weighted by Crippen LogP contribution is -2.37. The van der Waals surface area contributed by atoms with E-state index in [0.717, 1.165) is 0 Å². The van der Waals surface area contributed by atoms with Crippen LogP contribution in [0, 0.1) is 6.92 Å². The maximum absolute atomic E-state index is 13.8. The fourth-order valence-electron chi connectivity index (χ4n) is 3.69. The maximum Gasteiger partial charge on any atom is 0.342 e. The number of nitrogens with zero attached hydrogens (tertiary/aromatic N) is 2. The molecule has 2 heterocycles. The number of fused-ring (bicyclic) bond motifs is 1. The first-order valence-electron chi connectivity index (χ1n) is 10.6. The fraction of sp³-hybridized carbons (Fsp3) is 0.120. The number of carbonyl (C=O) groups excluding carboxylic acids is 3. The predicted octanol–water partition coefficient (Wildman–Crippen LogP) is 3.92. The number of methoxy groups -OCH3 is 1. The zero-order valence-corrected chi connectivity index (χ0v) is 20.3. The lowest BCUT2D eigenvalue weighted by molar-refractivity contribution is -0.114. The highest BCUT2D eigenvalue weighted by Crippen LogP contribution is 2.33. The van der Waals surface area contributed by atoms with E-state index in [1.807, 2.05) is 0 Å². The van der Waals surface area contributed by atoms with E-state index in [1.165, 1.54) is 81.0 Å². The Balaban J connectivity index is 1.89. The standard InChI is InChI=1S/C25H21N3O7S/c1-15-23(25(31)34-3)21-14-19(6-9-22(21)35-15)28(24(30)17-10-12-26-13-11-17)36(32,33)20-7-4-18(5-8-20)27-16(2)29/h4-14H,1-3H3,(H,27,29). The van der Waals surface area contributed by atoms with Gasteiger partial charge in [-0.25, -0.2) is 13.2 Å². The summed E-state index contributed by atoms with van der Waals surface area (Å²) in [4.78, 5) is 40.9. The Morgan fingerprint density at radius 3 is 2.28 bits per heavy atom. The molecule has 0 unspecified atom stereocenters. The molecule has 36 heavy (non-hydrogen) atoms. The van der Waals surface area contributed by atoms with Gasteiger partial charge < -0.3 is 14.5 Å². The second-order valence-electron chi connectivity index (χ2n) is 7.72. The van der Waals surface area contributed by atoms with E-state index in [2.05, 4.69) is 10.3 Å². The third kappa shape index (κ3) is 4.56. The van der Waals surface area contributed by atoms with E-state index in [4.69, 9.17) is 9.15 Å². The summed E-state index contributed by atoms with van der Waals surface area (Å²) in [7, 11) is -3.22. The van der Waals surface area contributed by atoms with Crippen molar-refractivity contribution >= 4 is 50.2 Å². The molecule has 0 aliphatic heterocycles. The Bertz CT molecular complexity index is 1580. The zero-order chi connectivity index (χ0) is 26.0. The number of anilines is 2. The number of sulfonamides is 1. The van der Waals surface area contributed by atoms with Gasteiger partial charge in [-0.3, -0.25) is 14.6 Å². The van der Waals surface area contributed by atoms with Gasteiger partial charge in [0, 0.05) is 36.0 Å². The van der Waals surface area contributed by atoms with Crippen molar-refractivity contribution in [2.75, 3.05) is 16.7 Å². The minimum absolute atomic E-state index is 0.0128. The van der Waals surface area contributed by atoms with Gasteiger partial charge in [0.2, 0.25) is 5.91 Å². The summed E-state index contributed by atoms with van der Waals surface area (Å²) in [5, 5.41) is 2.85. The summed E-state index contributed by atoms with van der Waals surface area (Å²) in [5.74, 6) is -1.52. The number of furan rings is 1. The van der Waals surface area contributed by atoms with Crippen molar-refractivity contribution in [2.45, 2.75) is 18.7 Å². The molecule has 0 saturated heterocycles. The van der Waals surface area contributed by atoms with Gasteiger partial charge in [0.15, 0.2) is 0 Å². The van der Waals surface area contributed by atoms with Crippen LogP contribution in [0.5, 0.6) is 0 Å². The van der Waals surface area contributed by atoms with Gasteiger partial charge in [0.1, 0.15) is 16.9 Å². The number of pyridine rings is 1. The molecule has 4 rings (SSSR count). The van der Waals surface area contributed by atoms with Crippen LogP contribution in [-0.2, 0) is 19.6 Å². The van der Waals surface area contributed by atoms with Crippen molar-refractivity contribution in [1.29, 1.82) is 0 Å². The summed E-state index contributed by atoms with van der Waals surface area (Å²) in [6.07, 6.45) is 2.75. The Hall–Kier alpha value is -4.51. The maximum atomic E-state index is 13.8. The topological polar surface area (TPSA) is 136 Å². The van der Waals surface area contributed by atoms with Crippen LogP contribution >= 0.6 is 0 Å². The second kappa shape index (κ2) is 9.62. The van der Waals surface area contributed by atoms with Crippen molar-refractivity contribution in [2.24, 2.45) is 0 Å². The first-order chi connectivity index (χ1) is 17.1. The number of amides is 2. The number of benzene rings is 2. The van der Waals surface area contributed by atoms with Crippen LogP contribution < -0.4 is 9.62 Å². The van der Waals surface area contributed by atoms with Crippen LogP contribution in [0.2, 0.25) is 0 Å². The Morgan fingerprint density at radius 2 is 1.67 bits per heavy atom. The molecule has 184 valence electrons. The molecule has 1 N–H and O–H groups in total. The quantitative estimate of drug-likeness (QED) is 0.388. The average Bonchev–Trinajstić information content (AvgIpc) is 3.19. The number of carbonyl (C=O) groups is 3. The van der Waals surface area contributed by atoms with E-state index in [9.17, 15) is 22.8 Å². The molecule has 0 spiro atoms. The van der Waals surface area contributed by atoms with Crippen molar-refractivity contribution < 1.29 is 32.0 Å².